The third-order valence-electron chi connectivity index (χ3n) is 3.13. The van der Waals surface area contributed by atoms with Gasteiger partial charge in [0.2, 0.25) is 0 Å². The van der Waals surface area contributed by atoms with Gasteiger partial charge in [-0.15, -0.1) is 0 Å². The Hall–Kier alpha value is -1.68. The summed E-state index contributed by atoms with van der Waals surface area (Å²) in [4.78, 5) is 0. The van der Waals surface area contributed by atoms with Crippen LogP contribution in [0.2, 0.25) is 0 Å². The van der Waals surface area contributed by atoms with Gasteiger partial charge in [-0.1, -0.05) is 12.1 Å². The standard InChI is InChI=1S/C14H19NO3/c1-16-12-7-3-6-11(14(12)17-2)13(15)10-5-4-8-18-9-10/h3,6-7,9,13H,4-5,8,15H2,1-2H3. The lowest BCUT2D eigenvalue weighted by molar-refractivity contribution is 0.221. The summed E-state index contributed by atoms with van der Waals surface area (Å²) in [7, 11) is 3.25. The van der Waals surface area contributed by atoms with Crippen LogP contribution in [-0.4, -0.2) is 20.8 Å². The van der Waals surface area contributed by atoms with Crippen molar-refractivity contribution >= 4 is 0 Å². The molecule has 0 saturated carbocycles. The molecule has 4 nitrogen and oxygen atoms in total. The molecule has 0 aliphatic carbocycles. The summed E-state index contributed by atoms with van der Waals surface area (Å²) in [6.45, 7) is 0.769. The number of hydrogen-bond acceptors (Lipinski definition) is 4. The minimum atomic E-state index is -0.213. The minimum absolute atomic E-state index is 0.213. The molecule has 1 aliphatic rings. The van der Waals surface area contributed by atoms with Gasteiger partial charge in [0.25, 0.3) is 0 Å². The van der Waals surface area contributed by atoms with Gasteiger partial charge in [0, 0.05) is 5.56 Å². The van der Waals surface area contributed by atoms with Gasteiger partial charge in [-0.25, -0.2) is 0 Å². The third-order valence-corrected chi connectivity index (χ3v) is 3.13. The van der Waals surface area contributed by atoms with Crippen molar-refractivity contribution in [1.82, 2.24) is 0 Å². The van der Waals surface area contributed by atoms with Crippen molar-refractivity contribution < 1.29 is 14.2 Å². The van der Waals surface area contributed by atoms with Crippen LogP contribution in [0.4, 0.5) is 0 Å². The Morgan fingerprint density at radius 1 is 1.28 bits per heavy atom. The topological polar surface area (TPSA) is 53.7 Å². The van der Waals surface area contributed by atoms with Gasteiger partial charge in [0.1, 0.15) is 0 Å². The molecule has 1 aliphatic heterocycles. The number of rotatable bonds is 4. The van der Waals surface area contributed by atoms with Crippen LogP contribution in [-0.2, 0) is 4.74 Å². The molecule has 0 amide bonds. The Balaban J connectivity index is 2.34. The molecule has 1 atom stereocenters. The number of ether oxygens (including phenoxy) is 3. The predicted octanol–water partition coefficient (Wildman–Crippen LogP) is 2.40. The van der Waals surface area contributed by atoms with E-state index < -0.39 is 0 Å². The lowest BCUT2D eigenvalue weighted by Gasteiger charge is -2.22. The molecular weight excluding hydrogens is 230 g/mol. The van der Waals surface area contributed by atoms with E-state index in [1.807, 2.05) is 18.2 Å². The number of benzene rings is 1. The van der Waals surface area contributed by atoms with E-state index in [1.165, 1.54) is 0 Å². The lowest BCUT2D eigenvalue weighted by Crippen LogP contribution is -2.17. The molecule has 2 rings (SSSR count). The minimum Gasteiger partial charge on any atom is -0.501 e. The maximum atomic E-state index is 6.29. The van der Waals surface area contributed by atoms with Gasteiger partial charge < -0.3 is 19.9 Å². The molecular formula is C14H19NO3. The van der Waals surface area contributed by atoms with E-state index in [2.05, 4.69) is 0 Å². The number of hydrogen-bond donors (Lipinski definition) is 1. The first-order chi connectivity index (χ1) is 8.77. The Bertz CT molecular complexity index is 443. The highest BCUT2D eigenvalue weighted by molar-refractivity contribution is 5.50. The maximum Gasteiger partial charge on any atom is 0.165 e. The van der Waals surface area contributed by atoms with Gasteiger partial charge in [-0.2, -0.15) is 0 Å². The van der Waals surface area contributed by atoms with E-state index in [0.717, 1.165) is 30.6 Å². The van der Waals surface area contributed by atoms with E-state index in [-0.39, 0.29) is 6.04 Å². The Morgan fingerprint density at radius 3 is 2.72 bits per heavy atom. The van der Waals surface area contributed by atoms with Crippen molar-refractivity contribution in [1.29, 1.82) is 0 Å². The third kappa shape index (κ3) is 2.43. The first kappa shape index (κ1) is 12.8. The molecule has 0 aromatic heterocycles. The van der Waals surface area contributed by atoms with Gasteiger partial charge in [0.15, 0.2) is 11.5 Å². The quantitative estimate of drug-likeness (QED) is 0.890. The van der Waals surface area contributed by atoms with Gasteiger partial charge >= 0.3 is 0 Å². The molecule has 4 heteroatoms. The van der Waals surface area contributed by atoms with E-state index in [4.69, 9.17) is 19.9 Å². The van der Waals surface area contributed by atoms with E-state index in [1.54, 1.807) is 20.5 Å². The highest BCUT2D eigenvalue weighted by Gasteiger charge is 2.20. The van der Waals surface area contributed by atoms with Crippen LogP contribution in [0.5, 0.6) is 11.5 Å². The zero-order valence-electron chi connectivity index (χ0n) is 10.8. The van der Waals surface area contributed by atoms with E-state index >= 15 is 0 Å². The summed E-state index contributed by atoms with van der Waals surface area (Å²) >= 11 is 0. The molecule has 0 spiro atoms. The van der Waals surface area contributed by atoms with Crippen molar-refractivity contribution in [2.24, 2.45) is 5.73 Å². The van der Waals surface area contributed by atoms with Crippen LogP contribution in [0.3, 0.4) is 0 Å². The predicted molar refractivity (Wildman–Crippen MR) is 69.7 cm³/mol. The number of methoxy groups -OCH3 is 2. The highest BCUT2D eigenvalue weighted by Crippen LogP contribution is 2.37. The van der Waals surface area contributed by atoms with E-state index in [9.17, 15) is 0 Å². The fourth-order valence-corrected chi connectivity index (χ4v) is 2.17. The Kier molecular flexibility index (Phi) is 4.10. The molecule has 1 aromatic carbocycles. The molecule has 0 saturated heterocycles. The zero-order chi connectivity index (χ0) is 13.0. The van der Waals surface area contributed by atoms with Gasteiger partial charge in [-0.05, 0) is 24.5 Å². The summed E-state index contributed by atoms with van der Waals surface area (Å²) in [5.74, 6) is 1.39. The second-order valence-corrected chi connectivity index (χ2v) is 4.23. The Morgan fingerprint density at radius 2 is 2.11 bits per heavy atom. The number of nitrogens with two attached hydrogens (primary N) is 1. The van der Waals surface area contributed by atoms with Crippen LogP contribution in [0.1, 0.15) is 24.4 Å². The molecule has 18 heavy (non-hydrogen) atoms. The second-order valence-electron chi connectivity index (χ2n) is 4.23. The van der Waals surface area contributed by atoms with Gasteiger partial charge in [0.05, 0.1) is 33.1 Å². The van der Waals surface area contributed by atoms with Crippen molar-refractivity contribution in [3.8, 4) is 11.5 Å². The van der Waals surface area contributed by atoms with Crippen LogP contribution in [0, 0.1) is 0 Å². The van der Waals surface area contributed by atoms with Crippen molar-refractivity contribution in [3.05, 3.63) is 35.6 Å². The smallest absolute Gasteiger partial charge is 0.165 e. The molecule has 0 bridgehead atoms. The highest BCUT2D eigenvalue weighted by atomic mass is 16.5. The first-order valence-electron chi connectivity index (χ1n) is 6.05. The lowest BCUT2D eigenvalue weighted by atomic mass is 9.95. The molecule has 1 aromatic rings. The number of para-hydroxylation sites is 1. The monoisotopic (exact) mass is 249 g/mol. The summed E-state index contributed by atoms with van der Waals surface area (Å²) < 4.78 is 16.0. The fraction of sp³-hybridized carbons (Fsp3) is 0.429. The largest absolute Gasteiger partial charge is 0.501 e. The fourth-order valence-electron chi connectivity index (χ4n) is 2.17. The van der Waals surface area contributed by atoms with E-state index in [0.29, 0.717) is 11.5 Å². The van der Waals surface area contributed by atoms with Crippen molar-refractivity contribution in [2.75, 3.05) is 20.8 Å². The molecule has 1 heterocycles. The van der Waals surface area contributed by atoms with Crippen molar-refractivity contribution in [3.63, 3.8) is 0 Å². The molecule has 0 fully saturated rings. The molecule has 1 unspecified atom stereocenters. The molecule has 0 radical (unpaired) electrons. The maximum absolute atomic E-state index is 6.29. The first-order valence-corrected chi connectivity index (χ1v) is 6.05. The Labute approximate surface area is 107 Å². The SMILES string of the molecule is COc1cccc(C(N)C2=COCCC2)c1OC. The average Bonchev–Trinajstić information content (AvgIpc) is 2.46. The zero-order valence-corrected chi connectivity index (χ0v) is 10.8. The summed E-state index contributed by atoms with van der Waals surface area (Å²) in [6, 6.07) is 5.53. The van der Waals surface area contributed by atoms with Crippen molar-refractivity contribution in [2.45, 2.75) is 18.9 Å². The normalized spacial score (nSPS) is 16.5. The van der Waals surface area contributed by atoms with Crippen LogP contribution < -0.4 is 15.2 Å². The summed E-state index contributed by atoms with van der Waals surface area (Å²) in [5.41, 5.74) is 8.30. The summed E-state index contributed by atoms with van der Waals surface area (Å²) in [6.07, 6.45) is 3.74. The molecule has 2 N–H and O–H groups in total. The van der Waals surface area contributed by atoms with Crippen LogP contribution >= 0.6 is 0 Å². The average molecular weight is 249 g/mol. The van der Waals surface area contributed by atoms with Gasteiger partial charge in [-0.3, -0.25) is 0 Å². The summed E-state index contributed by atoms with van der Waals surface area (Å²) in [5, 5.41) is 0. The van der Waals surface area contributed by atoms with Crippen LogP contribution in [0.25, 0.3) is 0 Å². The molecule has 98 valence electrons. The second kappa shape index (κ2) is 5.78. The van der Waals surface area contributed by atoms with Crippen LogP contribution in [0.15, 0.2) is 30.0 Å².